The van der Waals surface area contributed by atoms with Crippen molar-refractivity contribution in [3.05, 3.63) is 143 Å². The zero-order valence-electron chi connectivity index (χ0n) is 29.5. The van der Waals surface area contributed by atoms with Gasteiger partial charge in [-0.25, -0.2) is 9.97 Å². The van der Waals surface area contributed by atoms with Crippen LogP contribution in [0.15, 0.2) is 110 Å². The number of anilines is 4. The van der Waals surface area contributed by atoms with Crippen molar-refractivity contribution < 1.29 is 0 Å². The molecule has 3 unspecified atom stereocenters. The Labute approximate surface area is 290 Å². The SMILES string of the molecule is Cc1ccccc1-c1ncc2c(n1)N1c3ccccc3C([C@H]3c4ccccc4C4(C)N(c5c(C(C)C)cccc5C(C)C)C=CN34)C1N2C. The number of aryl methyl sites for hydroxylation is 1. The quantitative estimate of drug-likeness (QED) is 0.190. The highest BCUT2D eigenvalue weighted by atomic mass is 15.5. The third-order valence-electron chi connectivity index (χ3n) is 11.6. The zero-order valence-corrected chi connectivity index (χ0v) is 29.5. The van der Waals surface area contributed by atoms with Crippen molar-refractivity contribution in [1.29, 1.82) is 0 Å². The molecule has 246 valence electrons. The van der Waals surface area contributed by atoms with Crippen LogP contribution in [0.2, 0.25) is 0 Å². The highest BCUT2D eigenvalue weighted by Crippen LogP contribution is 2.63. The minimum Gasteiger partial charge on any atom is -0.349 e. The Morgan fingerprint density at radius 2 is 1.41 bits per heavy atom. The Hall–Kier alpha value is -5.10. The molecular formula is C43H44N6. The van der Waals surface area contributed by atoms with Crippen LogP contribution < -0.4 is 14.7 Å². The van der Waals surface area contributed by atoms with Gasteiger partial charge in [-0.15, -0.1) is 0 Å². The molecule has 0 saturated heterocycles. The van der Waals surface area contributed by atoms with Crippen molar-refractivity contribution >= 4 is 22.9 Å². The standard InChI is InChI=1S/C43H44N6/c1-26(2)29-19-14-20-30(27(3)4)38(29)47-23-24-48-39(32-17-10-12-21-34(32)43(47,48)6)37-33-18-11-13-22-35(33)49-41-36(46(7)42(37)49)25-44-40(45-41)31-16-9-8-15-28(31)5/h8-27,37,39,42H,1-7H3/t37?,39-,42?,43?/m1/s1. The van der Waals surface area contributed by atoms with Crippen LogP contribution in [0.5, 0.6) is 0 Å². The second kappa shape index (κ2) is 10.7. The van der Waals surface area contributed by atoms with Gasteiger partial charge in [-0.3, -0.25) is 0 Å². The second-order valence-corrected chi connectivity index (χ2v) is 14.9. The number of aromatic nitrogens is 2. The maximum Gasteiger partial charge on any atom is 0.162 e. The van der Waals surface area contributed by atoms with Crippen LogP contribution in [-0.4, -0.2) is 28.1 Å². The number of hydrogen-bond donors (Lipinski definition) is 0. The first kappa shape index (κ1) is 30.0. The smallest absolute Gasteiger partial charge is 0.162 e. The second-order valence-electron chi connectivity index (χ2n) is 14.9. The van der Waals surface area contributed by atoms with E-state index in [1.165, 1.54) is 44.8 Å². The fourth-order valence-electron chi connectivity index (χ4n) is 9.30. The van der Waals surface area contributed by atoms with Crippen molar-refractivity contribution in [3.63, 3.8) is 0 Å². The molecule has 0 N–H and O–H groups in total. The summed E-state index contributed by atoms with van der Waals surface area (Å²) in [7, 11) is 2.22. The lowest BCUT2D eigenvalue weighted by atomic mass is 9.85. The minimum absolute atomic E-state index is 0.0471. The average molecular weight is 645 g/mol. The molecule has 49 heavy (non-hydrogen) atoms. The van der Waals surface area contributed by atoms with E-state index in [9.17, 15) is 0 Å². The monoisotopic (exact) mass is 644 g/mol. The Bertz CT molecular complexity index is 2120. The van der Waals surface area contributed by atoms with Gasteiger partial charge in [-0.1, -0.05) is 113 Å². The molecule has 9 rings (SSSR count). The van der Waals surface area contributed by atoms with Gasteiger partial charge in [0.15, 0.2) is 11.6 Å². The van der Waals surface area contributed by atoms with Crippen LogP contribution in [-0.2, 0) is 5.66 Å². The highest BCUT2D eigenvalue weighted by Gasteiger charge is 2.60. The highest BCUT2D eigenvalue weighted by molar-refractivity contribution is 5.86. The Morgan fingerprint density at radius 1 is 0.735 bits per heavy atom. The van der Waals surface area contributed by atoms with Crippen LogP contribution in [0.1, 0.15) is 91.8 Å². The normalized spacial score (nSPS) is 23.0. The molecule has 5 heterocycles. The first-order chi connectivity index (χ1) is 23.7. The molecule has 4 aliphatic heterocycles. The number of para-hydroxylation sites is 2. The predicted molar refractivity (Wildman–Crippen MR) is 200 cm³/mol. The molecule has 0 amide bonds. The van der Waals surface area contributed by atoms with E-state index < -0.39 is 0 Å². The Morgan fingerprint density at radius 3 is 2.14 bits per heavy atom. The van der Waals surface area contributed by atoms with E-state index in [0.29, 0.717) is 11.8 Å². The van der Waals surface area contributed by atoms with Crippen LogP contribution in [0.25, 0.3) is 11.4 Å². The Balaban J connectivity index is 1.20. The molecule has 0 bridgehead atoms. The van der Waals surface area contributed by atoms with E-state index in [4.69, 9.17) is 9.97 Å². The fraction of sp³-hybridized carbons (Fsp3) is 0.302. The summed E-state index contributed by atoms with van der Waals surface area (Å²) in [6, 6.07) is 33.6. The third kappa shape index (κ3) is 4.00. The van der Waals surface area contributed by atoms with Crippen molar-refractivity contribution in [2.24, 2.45) is 0 Å². The van der Waals surface area contributed by atoms with Gasteiger partial charge < -0.3 is 19.6 Å². The molecule has 6 nitrogen and oxygen atoms in total. The summed E-state index contributed by atoms with van der Waals surface area (Å²) in [6.45, 7) is 13.8. The van der Waals surface area contributed by atoms with Gasteiger partial charge in [0.25, 0.3) is 0 Å². The largest absolute Gasteiger partial charge is 0.349 e. The molecule has 6 heteroatoms. The molecular weight excluding hydrogens is 601 g/mol. The molecule has 4 aromatic carbocycles. The molecule has 5 aromatic rings. The van der Waals surface area contributed by atoms with Crippen molar-refractivity contribution in [2.45, 2.75) is 77.2 Å². The van der Waals surface area contributed by atoms with E-state index in [1.807, 2.05) is 6.20 Å². The summed E-state index contributed by atoms with van der Waals surface area (Å²) in [5.41, 5.74) is 12.4. The summed E-state index contributed by atoms with van der Waals surface area (Å²) >= 11 is 0. The zero-order chi connectivity index (χ0) is 33.8. The van der Waals surface area contributed by atoms with Gasteiger partial charge in [-0.05, 0) is 59.6 Å². The van der Waals surface area contributed by atoms with Gasteiger partial charge in [0.05, 0.1) is 23.8 Å². The third-order valence-corrected chi connectivity index (χ3v) is 11.6. The van der Waals surface area contributed by atoms with Crippen molar-refractivity contribution in [1.82, 2.24) is 14.9 Å². The number of benzene rings is 4. The van der Waals surface area contributed by atoms with Crippen LogP contribution in [0.3, 0.4) is 0 Å². The fourth-order valence-corrected chi connectivity index (χ4v) is 9.30. The van der Waals surface area contributed by atoms with Gasteiger partial charge >= 0.3 is 0 Å². The van der Waals surface area contributed by atoms with Crippen LogP contribution >= 0.6 is 0 Å². The van der Waals surface area contributed by atoms with Gasteiger partial charge in [-0.2, -0.15) is 0 Å². The molecule has 4 aliphatic rings. The van der Waals surface area contributed by atoms with E-state index in [2.05, 4.69) is 172 Å². The predicted octanol–water partition coefficient (Wildman–Crippen LogP) is 9.93. The first-order valence-corrected chi connectivity index (χ1v) is 17.7. The summed E-state index contributed by atoms with van der Waals surface area (Å²) in [4.78, 5) is 20.4. The van der Waals surface area contributed by atoms with E-state index >= 15 is 0 Å². The number of nitrogens with zero attached hydrogens (tertiary/aromatic N) is 6. The molecule has 0 saturated carbocycles. The lowest BCUT2D eigenvalue weighted by Gasteiger charge is -2.44. The molecule has 4 atom stereocenters. The molecule has 0 spiro atoms. The molecule has 1 aromatic heterocycles. The van der Waals surface area contributed by atoms with Gasteiger partial charge in [0.2, 0.25) is 0 Å². The maximum atomic E-state index is 5.30. The molecule has 0 fully saturated rings. The number of hydrogen-bond acceptors (Lipinski definition) is 6. The number of fused-ring (bicyclic) bond motifs is 8. The van der Waals surface area contributed by atoms with E-state index in [-0.39, 0.29) is 23.8 Å². The average Bonchev–Trinajstić information content (AvgIpc) is 3.79. The van der Waals surface area contributed by atoms with Crippen LogP contribution in [0, 0.1) is 6.92 Å². The lowest BCUT2D eigenvalue weighted by molar-refractivity contribution is 0.142. The Kier molecular flexibility index (Phi) is 6.55. The van der Waals surface area contributed by atoms with Gasteiger partial charge in [0, 0.05) is 36.3 Å². The maximum absolute atomic E-state index is 5.30. The molecule has 0 aliphatic carbocycles. The minimum atomic E-state index is -0.389. The molecule has 0 radical (unpaired) electrons. The van der Waals surface area contributed by atoms with Crippen LogP contribution in [0.4, 0.5) is 22.9 Å². The topological polar surface area (TPSA) is 38.7 Å². The summed E-state index contributed by atoms with van der Waals surface area (Å²) < 4.78 is 0. The van der Waals surface area contributed by atoms with E-state index in [1.54, 1.807) is 0 Å². The number of rotatable bonds is 5. The number of likely N-dealkylation sites (N-methyl/N-ethyl adjacent to an activating group) is 1. The summed E-state index contributed by atoms with van der Waals surface area (Å²) in [5, 5.41) is 0. The van der Waals surface area contributed by atoms with Crippen molar-refractivity contribution in [2.75, 3.05) is 21.7 Å². The summed E-state index contributed by atoms with van der Waals surface area (Å²) in [6.07, 6.45) is 6.80. The first-order valence-electron chi connectivity index (χ1n) is 17.7. The van der Waals surface area contributed by atoms with Gasteiger partial charge in [0.1, 0.15) is 17.5 Å². The summed E-state index contributed by atoms with van der Waals surface area (Å²) in [5.74, 6) is 2.71. The van der Waals surface area contributed by atoms with E-state index in [0.717, 1.165) is 22.9 Å². The lowest BCUT2D eigenvalue weighted by Crippen LogP contribution is -2.48. The van der Waals surface area contributed by atoms with Crippen molar-refractivity contribution in [3.8, 4) is 11.4 Å².